The molecule has 2 N–H and O–H groups in total. The fraction of sp³-hybridized carbons (Fsp3) is 0.611. The van der Waals surface area contributed by atoms with E-state index in [2.05, 4.69) is 37.5 Å². The second kappa shape index (κ2) is 8.18. The van der Waals surface area contributed by atoms with Crippen LogP contribution >= 0.6 is 0 Å². The number of nitrogens with one attached hydrogen (secondary N) is 2. The number of amides is 1. The second-order valence-electron chi connectivity index (χ2n) is 6.22. The Morgan fingerprint density at radius 3 is 3.00 bits per heavy atom. The van der Waals surface area contributed by atoms with E-state index < -0.39 is 0 Å². The van der Waals surface area contributed by atoms with Gasteiger partial charge in [-0.05, 0) is 51.3 Å². The van der Waals surface area contributed by atoms with Gasteiger partial charge in [-0.2, -0.15) is 0 Å². The zero-order chi connectivity index (χ0) is 15.9. The van der Waals surface area contributed by atoms with Crippen molar-refractivity contribution < 1.29 is 9.53 Å². The highest BCUT2D eigenvalue weighted by Crippen LogP contribution is 2.22. The third-order valence-corrected chi connectivity index (χ3v) is 4.20. The molecule has 122 valence electrons. The van der Waals surface area contributed by atoms with E-state index in [-0.39, 0.29) is 12.0 Å². The zero-order valence-corrected chi connectivity index (χ0v) is 13.9. The molecule has 1 amide bonds. The smallest absolute Gasteiger partial charge is 0.221 e. The van der Waals surface area contributed by atoms with Crippen LogP contribution < -0.4 is 15.4 Å². The minimum absolute atomic E-state index is 0.106. The van der Waals surface area contributed by atoms with E-state index in [0.717, 1.165) is 30.7 Å². The monoisotopic (exact) mass is 304 g/mol. The zero-order valence-electron chi connectivity index (χ0n) is 13.9. The van der Waals surface area contributed by atoms with Crippen molar-refractivity contribution in [2.75, 3.05) is 6.54 Å². The average Bonchev–Trinajstić information content (AvgIpc) is 2.99. The Morgan fingerprint density at radius 2 is 2.32 bits per heavy atom. The van der Waals surface area contributed by atoms with E-state index in [4.69, 9.17) is 4.74 Å². The molecule has 2 unspecified atom stereocenters. The Balaban J connectivity index is 1.91. The van der Waals surface area contributed by atoms with Gasteiger partial charge in [0.15, 0.2) is 0 Å². The minimum atomic E-state index is 0.106. The third-order valence-electron chi connectivity index (χ3n) is 4.20. The van der Waals surface area contributed by atoms with E-state index in [1.807, 2.05) is 12.1 Å². The van der Waals surface area contributed by atoms with Gasteiger partial charge in [0.25, 0.3) is 0 Å². The molecule has 1 saturated heterocycles. The Labute approximate surface area is 133 Å². The van der Waals surface area contributed by atoms with Crippen molar-refractivity contribution in [1.82, 2.24) is 10.6 Å². The molecule has 0 bridgehead atoms. The number of benzene rings is 1. The summed E-state index contributed by atoms with van der Waals surface area (Å²) in [5, 5.41) is 6.37. The van der Waals surface area contributed by atoms with Crippen molar-refractivity contribution in [3.8, 4) is 5.75 Å². The molecule has 2 atom stereocenters. The van der Waals surface area contributed by atoms with Crippen LogP contribution in [0.15, 0.2) is 18.2 Å². The molecule has 0 aliphatic carbocycles. The highest BCUT2D eigenvalue weighted by molar-refractivity contribution is 5.76. The summed E-state index contributed by atoms with van der Waals surface area (Å²) in [7, 11) is 0. The largest absolute Gasteiger partial charge is 0.490 e. The lowest BCUT2D eigenvalue weighted by Crippen LogP contribution is -2.31. The molecular weight excluding hydrogens is 276 g/mol. The van der Waals surface area contributed by atoms with E-state index in [1.165, 1.54) is 12.0 Å². The number of hydrogen-bond donors (Lipinski definition) is 2. The quantitative estimate of drug-likeness (QED) is 0.814. The molecule has 1 aromatic carbocycles. The normalized spacial score (nSPS) is 19.0. The van der Waals surface area contributed by atoms with Crippen LogP contribution in [0.4, 0.5) is 0 Å². The summed E-state index contributed by atoms with van der Waals surface area (Å²) < 4.78 is 5.98. The predicted octanol–water partition coefficient (Wildman–Crippen LogP) is 2.93. The van der Waals surface area contributed by atoms with Gasteiger partial charge >= 0.3 is 0 Å². The van der Waals surface area contributed by atoms with Crippen LogP contribution in [0, 0.1) is 6.92 Å². The highest BCUT2D eigenvalue weighted by Gasteiger charge is 2.17. The van der Waals surface area contributed by atoms with Crippen molar-refractivity contribution in [3.63, 3.8) is 0 Å². The summed E-state index contributed by atoms with van der Waals surface area (Å²) in [6.45, 7) is 7.78. The molecule has 0 saturated carbocycles. The van der Waals surface area contributed by atoms with Crippen molar-refractivity contribution >= 4 is 5.91 Å². The summed E-state index contributed by atoms with van der Waals surface area (Å²) in [6, 6.07) is 6.49. The molecule has 2 rings (SSSR count). The molecule has 0 aromatic heterocycles. The number of carbonyl (C=O) groups excluding carboxylic acids is 1. The topological polar surface area (TPSA) is 50.4 Å². The van der Waals surface area contributed by atoms with Gasteiger partial charge in [-0.25, -0.2) is 0 Å². The first kappa shape index (κ1) is 16.8. The summed E-state index contributed by atoms with van der Waals surface area (Å²) in [5.41, 5.74) is 2.21. The first-order valence-corrected chi connectivity index (χ1v) is 8.34. The number of ether oxygens (including phenoxy) is 1. The van der Waals surface area contributed by atoms with Crippen LogP contribution in [0.25, 0.3) is 0 Å². The SMILES string of the molecule is CCC(C)Oc1cc(C)ccc1CNC(=O)CC1CCCN1. The summed E-state index contributed by atoms with van der Waals surface area (Å²) in [4.78, 5) is 12.0. The summed E-state index contributed by atoms with van der Waals surface area (Å²) in [6.07, 6.45) is 3.97. The van der Waals surface area contributed by atoms with Gasteiger partial charge in [-0.15, -0.1) is 0 Å². The van der Waals surface area contributed by atoms with Crippen molar-refractivity contribution in [1.29, 1.82) is 0 Å². The molecule has 1 aliphatic rings. The van der Waals surface area contributed by atoms with Gasteiger partial charge < -0.3 is 15.4 Å². The number of rotatable bonds is 7. The maximum absolute atomic E-state index is 12.0. The van der Waals surface area contributed by atoms with Gasteiger partial charge in [0, 0.05) is 24.6 Å². The Kier molecular flexibility index (Phi) is 6.25. The lowest BCUT2D eigenvalue weighted by atomic mass is 10.1. The van der Waals surface area contributed by atoms with Crippen molar-refractivity contribution in [2.45, 2.75) is 65.1 Å². The van der Waals surface area contributed by atoms with Gasteiger partial charge in [-0.3, -0.25) is 4.79 Å². The van der Waals surface area contributed by atoms with Crippen LogP contribution in [0.5, 0.6) is 5.75 Å². The molecule has 22 heavy (non-hydrogen) atoms. The molecule has 4 heteroatoms. The molecule has 0 radical (unpaired) electrons. The van der Waals surface area contributed by atoms with Crippen molar-refractivity contribution in [3.05, 3.63) is 29.3 Å². The van der Waals surface area contributed by atoms with Gasteiger partial charge in [0.05, 0.1) is 6.10 Å². The van der Waals surface area contributed by atoms with Gasteiger partial charge in [0.1, 0.15) is 5.75 Å². The maximum atomic E-state index is 12.0. The molecule has 1 aromatic rings. The first-order chi connectivity index (χ1) is 10.6. The summed E-state index contributed by atoms with van der Waals surface area (Å²) in [5.74, 6) is 0.989. The standard InChI is InChI=1S/C18H28N2O2/c1-4-14(3)22-17-10-13(2)7-8-15(17)12-20-18(21)11-16-6-5-9-19-16/h7-8,10,14,16,19H,4-6,9,11-12H2,1-3H3,(H,20,21). The van der Waals surface area contributed by atoms with E-state index in [9.17, 15) is 4.79 Å². The maximum Gasteiger partial charge on any atom is 0.221 e. The van der Waals surface area contributed by atoms with E-state index in [1.54, 1.807) is 0 Å². The average molecular weight is 304 g/mol. The molecule has 0 spiro atoms. The first-order valence-electron chi connectivity index (χ1n) is 8.34. The fourth-order valence-electron chi connectivity index (χ4n) is 2.64. The summed E-state index contributed by atoms with van der Waals surface area (Å²) >= 11 is 0. The van der Waals surface area contributed by atoms with Crippen LogP contribution in [0.3, 0.4) is 0 Å². The minimum Gasteiger partial charge on any atom is -0.490 e. The molecule has 1 aliphatic heterocycles. The molecule has 1 heterocycles. The van der Waals surface area contributed by atoms with Crippen LogP contribution in [0.2, 0.25) is 0 Å². The Bertz CT molecular complexity index is 496. The van der Waals surface area contributed by atoms with Crippen LogP contribution in [-0.2, 0) is 11.3 Å². The van der Waals surface area contributed by atoms with E-state index in [0.29, 0.717) is 19.0 Å². The highest BCUT2D eigenvalue weighted by atomic mass is 16.5. The number of carbonyl (C=O) groups is 1. The second-order valence-corrected chi connectivity index (χ2v) is 6.22. The predicted molar refractivity (Wildman–Crippen MR) is 89.0 cm³/mol. The molecule has 1 fully saturated rings. The lowest BCUT2D eigenvalue weighted by Gasteiger charge is -2.17. The Hall–Kier alpha value is -1.55. The number of aryl methyl sites for hydroxylation is 1. The van der Waals surface area contributed by atoms with Crippen LogP contribution in [-0.4, -0.2) is 24.6 Å². The number of hydrogen-bond acceptors (Lipinski definition) is 3. The lowest BCUT2D eigenvalue weighted by molar-refractivity contribution is -0.121. The Morgan fingerprint density at radius 1 is 1.50 bits per heavy atom. The van der Waals surface area contributed by atoms with Gasteiger partial charge in [0.2, 0.25) is 5.91 Å². The fourth-order valence-corrected chi connectivity index (χ4v) is 2.64. The third kappa shape index (κ3) is 5.02. The molecular formula is C18H28N2O2. The molecule has 4 nitrogen and oxygen atoms in total. The van der Waals surface area contributed by atoms with Gasteiger partial charge in [-0.1, -0.05) is 19.1 Å². The van der Waals surface area contributed by atoms with Crippen LogP contribution in [0.1, 0.15) is 50.7 Å². The van der Waals surface area contributed by atoms with E-state index >= 15 is 0 Å². The van der Waals surface area contributed by atoms with Crippen molar-refractivity contribution in [2.24, 2.45) is 0 Å².